The molecule has 1 aromatic rings. The number of hydrazine groups is 1. The number of nitrogens with one attached hydrogen (secondary N) is 1. The topological polar surface area (TPSA) is 56.5 Å². The second kappa shape index (κ2) is 5.76. The predicted octanol–water partition coefficient (Wildman–Crippen LogP) is 3.45. The molecule has 0 aromatic heterocycles. The fourth-order valence-corrected chi connectivity index (χ4v) is 3.68. The summed E-state index contributed by atoms with van der Waals surface area (Å²) in [6.45, 7) is 8.43. The van der Waals surface area contributed by atoms with E-state index >= 15 is 0 Å². The van der Waals surface area contributed by atoms with Gasteiger partial charge in [-0.15, -0.1) is 0 Å². The van der Waals surface area contributed by atoms with E-state index in [1.165, 1.54) is 0 Å². The molecule has 4 nitrogen and oxygen atoms in total. The van der Waals surface area contributed by atoms with Crippen LogP contribution in [0.15, 0.2) is 18.2 Å². The first-order chi connectivity index (χ1) is 9.70. The van der Waals surface area contributed by atoms with Gasteiger partial charge in [0.15, 0.2) is 0 Å². The van der Waals surface area contributed by atoms with Crippen LogP contribution >= 0.6 is 11.6 Å². The number of hydrogen-bond donors (Lipinski definition) is 2. The summed E-state index contributed by atoms with van der Waals surface area (Å²) in [5.41, 5.74) is 3.45. The van der Waals surface area contributed by atoms with Gasteiger partial charge in [0.25, 0.3) is 0 Å². The Morgan fingerprint density at radius 1 is 1.38 bits per heavy atom. The molecule has 3 N–H and O–H groups in total. The minimum atomic E-state index is -0.284. The van der Waals surface area contributed by atoms with E-state index in [2.05, 4.69) is 33.1 Å². The lowest BCUT2D eigenvalue weighted by Crippen LogP contribution is -2.41. The highest BCUT2D eigenvalue weighted by atomic mass is 35.5. The van der Waals surface area contributed by atoms with Crippen molar-refractivity contribution in [3.05, 3.63) is 28.8 Å². The normalized spacial score (nSPS) is 24.8. The lowest BCUT2D eigenvalue weighted by molar-refractivity contribution is -0.0779. The highest BCUT2D eigenvalue weighted by Crippen LogP contribution is 2.48. The minimum absolute atomic E-state index is 0.0876. The molecule has 1 aliphatic rings. The molecule has 2 unspecified atom stereocenters. The number of ether oxygens (including phenoxy) is 2. The number of halogens is 1. The average Bonchev–Trinajstić information content (AvgIpc) is 2.59. The quantitative estimate of drug-likeness (QED) is 0.660. The van der Waals surface area contributed by atoms with Crippen molar-refractivity contribution in [2.24, 2.45) is 11.8 Å². The van der Waals surface area contributed by atoms with Crippen molar-refractivity contribution in [1.82, 2.24) is 5.43 Å². The molecule has 1 heterocycles. The van der Waals surface area contributed by atoms with Crippen LogP contribution in [0.4, 0.5) is 0 Å². The summed E-state index contributed by atoms with van der Waals surface area (Å²) in [6, 6.07) is 5.51. The Balaban J connectivity index is 2.43. The summed E-state index contributed by atoms with van der Waals surface area (Å²) in [5, 5.41) is 0.669. The molecule has 0 saturated carbocycles. The number of nitrogens with two attached hydrogens (primary N) is 1. The van der Waals surface area contributed by atoms with Crippen molar-refractivity contribution in [3.8, 4) is 5.75 Å². The third-order valence-corrected chi connectivity index (χ3v) is 4.49. The van der Waals surface area contributed by atoms with Gasteiger partial charge in [-0.1, -0.05) is 11.6 Å². The molecule has 118 valence electrons. The summed E-state index contributed by atoms with van der Waals surface area (Å²) in [7, 11) is 1.65. The van der Waals surface area contributed by atoms with Crippen LogP contribution < -0.4 is 16.0 Å². The molecule has 0 amide bonds. The third kappa shape index (κ3) is 3.34. The Kier molecular flexibility index (Phi) is 4.54. The average molecular weight is 313 g/mol. The number of benzene rings is 1. The fraction of sp³-hybridized carbons (Fsp3) is 0.625. The fourth-order valence-electron chi connectivity index (χ4n) is 3.50. The smallest absolute Gasteiger partial charge is 0.123 e. The predicted molar refractivity (Wildman–Crippen MR) is 85.4 cm³/mol. The van der Waals surface area contributed by atoms with Gasteiger partial charge in [0.1, 0.15) is 5.75 Å². The van der Waals surface area contributed by atoms with E-state index in [4.69, 9.17) is 26.9 Å². The molecule has 5 heteroatoms. The Morgan fingerprint density at radius 2 is 2.05 bits per heavy atom. The van der Waals surface area contributed by atoms with Gasteiger partial charge in [-0.05, 0) is 52.3 Å². The molecule has 1 fully saturated rings. The van der Waals surface area contributed by atoms with Crippen LogP contribution in [0.5, 0.6) is 5.75 Å². The molecule has 0 spiro atoms. The summed E-state index contributed by atoms with van der Waals surface area (Å²) in [6.07, 6.45) is 0.907. The summed E-state index contributed by atoms with van der Waals surface area (Å²) >= 11 is 6.15. The van der Waals surface area contributed by atoms with E-state index in [9.17, 15) is 0 Å². The van der Waals surface area contributed by atoms with Crippen molar-refractivity contribution >= 4 is 11.6 Å². The van der Waals surface area contributed by atoms with Crippen molar-refractivity contribution in [3.63, 3.8) is 0 Å². The number of rotatable bonds is 4. The maximum absolute atomic E-state index is 6.19. The molecule has 0 aliphatic carbocycles. The first-order valence-electron chi connectivity index (χ1n) is 7.20. The van der Waals surface area contributed by atoms with Gasteiger partial charge in [-0.2, -0.15) is 0 Å². The molecule has 21 heavy (non-hydrogen) atoms. The third-order valence-electron chi connectivity index (χ3n) is 4.25. The van der Waals surface area contributed by atoms with Crippen LogP contribution in [0.2, 0.25) is 5.02 Å². The lowest BCUT2D eigenvalue weighted by atomic mass is 9.79. The Labute approximate surface area is 131 Å². The van der Waals surface area contributed by atoms with Gasteiger partial charge in [-0.25, -0.2) is 0 Å². The summed E-state index contributed by atoms with van der Waals surface area (Å²) in [5.74, 6) is 6.86. The first-order valence-corrected chi connectivity index (χ1v) is 7.58. The standard InChI is InChI=1S/C16H25ClN2O2/c1-15(2)9-12(16(3,4)21-15)14(19-18)11-8-10(17)6-7-13(11)20-5/h6-8,12,14,19H,9,18H2,1-5H3. The Hall–Kier alpha value is -0.810. The van der Waals surface area contributed by atoms with Gasteiger partial charge in [0.2, 0.25) is 0 Å². The molecular weight excluding hydrogens is 288 g/mol. The molecular formula is C16H25ClN2O2. The monoisotopic (exact) mass is 312 g/mol. The zero-order chi connectivity index (χ0) is 15.8. The van der Waals surface area contributed by atoms with E-state index in [0.717, 1.165) is 17.7 Å². The van der Waals surface area contributed by atoms with E-state index in [1.807, 2.05) is 18.2 Å². The van der Waals surface area contributed by atoms with Crippen molar-refractivity contribution in [1.29, 1.82) is 0 Å². The molecule has 0 radical (unpaired) electrons. The van der Waals surface area contributed by atoms with Gasteiger partial charge in [0, 0.05) is 16.5 Å². The van der Waals surface area contributed by atoms with Gasteiger partial charge in [-0.3, -0.25) is 11.3 Å². The maximum Gasteiger partial charge on any atom is 0.123 e. The van der Waals surface area contributed by atoms with E-state index in [0.29, 0.717) is 5.02 Å². The van der Waals surface area contributed by atoms with Crippen molar-refractivity contribution < 1.29 is 9.47 Å². The van der Waals surface area contributed by atoms with Gasteiger partial charge in [0.05, 0.1) is 24.4 Å². The van der Waals surface area contributed by atoms with Crippen LogP contribution in [0.1, 0.15) is 45.7 Å². The van der Waals surface area contributed by atoms with Gasteiger partial charge >= 0.3 is 0 Å². The van der Waals surface area contributed by atoms with Crippen LogP contribution in [0.3, 0.4) is 0 Å². The Bertz CT molecular complexity index is 517. The van der Waals surface area contributed by atoms with E-state index in [-0.39, 0.29) is 23.2 Å². The molecule has 1 saturated heterocycles. The van der Waals surface area contributed by atoms with Crippen LogP contribution in [0, 0.1) is 5.92 Å². The minimum Gasteiger partial charge on any atom is -0.496 e. The molecule has 0 bridgehead atoms. The molecule has 1 aliphatic heterocycles. The van der Waals surface area contributed by atoms with E-state index < -0.39 is 0 Å². The SMILES string of the molecule is COc1ccc(Cl)cc1C(NN)C1CC(C)(C)OC1(C)C. The Morgan fingerprint density at radius 3 is 2.52 bits per heavy atom. The summed E-state index contributed by atoms with van der Waals surface area (Å²) in [4.78, 5) is 0. The number of methoxy groups -OCH3 is 1. The number of hydrogen-bond acceptors (Lipinski definition) is 4. The molecule has 1 aromatic carbocycles. The lowest BCUT2D eigenvalue weighted by Gasteiger charge is -2.33. The molecule has 2 rings (SSSR count). The second-order valence-corrected chi connectivity index (χ2v) is 7.24. The van der Waals surface area contributed by atoms with Crippen LogP contribution in [-0.2, 0) is 4.74 Å². The van der Waals surface area contributed by atoms with E-state index in [1.54, 1.807) is 7.11 Å². The first kappa shape index (κ1) is 16.6. The van der Waals surface area contributed by atoms with Crippen molar-refractivity contribution in [2.45, 2.75) is 51.4 Å². The van der Waals surface area contributed by atoms with Crippen molar-refractivity contribution in [2.75, 3.05) is 7.11 Å². The zero-order valence-corrected chi connectivity index (χ0v) is 14.1. The highest BCUT2D eigenvalue weighted by molar-refractivity contribution is 6.30. The van der Waals surface area contributed by atoms with Crippen LogP contribution in [-0.4, -0.2) is 18.3 Å². The van der Waals surface area contributed by atoms with Gasteiger partial charge < -0.3 is 9.47 Å². The molecule has 2 atom stereocenters. The maximum atomic E-state index is 6.19. The highest BCUT2D eigenvalue weighted by Gasteiger charge is 2.49. The summed E-state index contributed by atoms with van der Waals surface area (Å²) < 4.78 is 11.7. The van der Waals surface area contributed by atoms with Crippen LogP contribution in [0.25, 0.3) is 0 Å². The largest absolute Gasteiger partial charge is 0.496 e. The zero-order valence-electron chi connectivity index (χ0n) is 13.4. The second-order valence-electron chi connectivity index (χ2n) is 6.81.